The maximum Gasteiger partial charge on any atom is 0.416 e. The molecule has 2 aromatic rings. The highest BCUT2D eigenvalue weighted by atomic mass is 19.4. The van der Waals surface area contributed by atoms with Crippen molar-refractivity contribution in [2.45, 2.75) is 12.7 Å². The van der Waals surface area contributed by atoms with Gasteiger partial charge in [-0.2, -0.15) is 13.2 Å². The standard InChI is InChI=1S/C17H15F3N2O3/c1-25-16(24)12-5-10(9-21)6-14(8-12)22-15(23)11-3-2-4-13(7-11)17(18,19)20/h2-8H,9,21H2,1H3,(H,22,23). The van der Waals surface area contributed by atoms with Gasteiger partial charge in [-0.1, -0.05) is 6.07 Å². The molecule has 3 N–H and O–H groups in total. The predicted octanol–water partition coefficient (Wildman–Crippen LogP) is 3.20. The van der Waals surface area contributed by atoms with Crippen molar-refractivity contribution in [1.29, 1.82) is 0 Å². The lowest BCUT2D eigenvalue weighted by Gasteiger charge is -2.11. The number of halogens is 3. The van der Waals surface area contributed by atoms with Crippen molar-refractivity contribution in [3.63, 3.8) is 0 Å². The van der Waals surface area contributed by atoms with Gasteiger partial charge in [0.1, 0.15) is 0 Å². The van der Waals surface area contributed by atoms with Crippen molar-refractivity contribution in [3.8, 4) is 0 Å². The second-order valence-corrected chi connectivity index (χ2v) is 5.15. The minimum Gasteiger partial charge on any atom is -0.465 e. The van der Waals surface area contributed by atoms with Crippen LogP contribution in [0.3, 0.4) is 0 Å². The number of rotatable bonds is 4. The minimum absolute atomic E-state index is 0.108. The summed E-state index contributed by atoms with van der Waals surface area (Å²) < 4.78 is 42.8. The molecule has 0 heterocycles. The zero-order chi connectivity index (χ0) is 18.6. The van der Waals surface area contributed by atoms with Gasteiger partial charge in [0.05, 0.1) is 18.2 Å². The van der Waals surface area contributed by atoms with Crippen molar-refractivity contribution in [3.05, 3.63) is 64.7 Å². The maximum atomic E-state index is 12.7. The van der Waals surface area contributed by atoms with E-state index in [1.807, 2.05) is 0 Å². The minimum atomic E-state index is -4.55. The topological polar surface area (TPSA) is 81.4 Å². The van der Waals surface area contributed by atoms with E-state index in [0.717, 1.165) is 18.2 Å². The van der Waals surface area contributed by atoms with Crippen LogP contribution in [0.15, 0.2) is 42.5 Å². The number of ether oxygens (including phenoxy) is 1. The van der Waals surface area contributed by atoms with Crippen molar-refractivity contribution in [2.24, 2.45) is 5.73 Å². The van der Waals surface area contributed by atoms with Crippen molar-refractivity contribution < 1.29 is 27.5 Å². The molecule has 5 nitrogen and oxygen atoms in total. The van der Waals surface area contributed by atoms with Crippen molar-refractivity contribution in [2.75, 3.05) is 12.4 Å². The third-order valence-electron chi connectivity index (χ3n) is 3.36. The first-order chi connectivity index (χ1) is 11.7. The summed E-state index contributed by atoms with van der Waals surface area (Å²) in [6.07, 6.45) is -4.55. The summed E-state index contributed by atoms with van der Waals surface area (Å²) in [5, 5.41) is 2.46. The largest absolute Gasteiger partial charge is 0.465 e. The molecule has 0 aliphatic heterocycles. The van der Waals surface area contributed by atoms with Crippen LogP contribution in [0, 0.1) is 0 Å². The molecule has 0 saturated carbocycles. The second-order valence-electron chi connectivity index (χ2n) is 5.15. The monoisotopic (exact) mass is 352 g/mol. The highest BCUT2D eigenvalue weighted by Crippen LogP contribution is 2.29. The molecule has 0 aliphatic rings. The molecular weight excluding hydrogens is 337 g/mol. The van der Waals surface area contributed by atoms with Gasteiger partial charge >= 0.3 is 12.1 Å². The summed E-state index contributed by atoms with van der Waals surface area (Å²) in [7, 11) is 1.21. The zero-order valence-electron chi connectivity index (χ0n) is 13.2. The lowest BCUT2D eigenvalue weighted by atomic mass is 10.1. The number of alkyl halides is 3. The van der Waals surface area contributed by atoms with Gasteiger partial charge in [0.25, 0.3) is 5.91 Å². The summed E-state index contributed by atoms with van der Waals surface area (Å²) in [4.78, 5) is 23.9. The molecule has 132 valence electrons. The van der Waals surface area contributed by atoms with Crippen LogP contribution < -0.4 is 11.1 Å². The van der Waals surface area contributed by atoms with Crippen LogP contribution >= 0.6 is 0 Å². The van der Waals surface area contributed by atoms with Crippen molar-refractivity contribution >= 4 is 17.6 Å². The third kappa shape index (κ3) is 4.57. The van der Waals surface area contributed by atoms with Gasteiger partial charge in [0, 0.05) is 17.8 Å². The Hall–Kier alpha value is -2.87. The second kappa shape index (κ2) is 7.35. The first-order valence-corrected chi connectivity index (χ1v) is 7.15. The van der Waals surface area contributed by atoms with Gasteiger partial charge in [-0.15, -0.1) is 0 Å². The van der Waals surface area contributed by atoms with Crippen LogP contribution in [0.5, 0.6) is 0 Å². The number of hydrogen-bond acceptors (Lipinski definition) is 4. The molecule has 2 rings (SSSR count). The Bertz CT molecular complexity index is 804. The quantitative estimate of drug-likeness (QED) is 0.828. The van der Waals surface area contributed by atoms with Gasteiger partial charge in [-0.25, -0.2) is 4.79 Å². The van der Waals surface area contributed by atoms with E-state index in [0.29, 0.717) is 5.56 Å². The van der Waals surface area contributed by atoms with Gasteiger partial charge in [0.15, 0.2) is 0 Å². The van der Waals surface area contributed by atoms with Crippen LogP contribution in [-0.4, -0.2) is 19.0 Å². The molecule has 2 aromatic carbocycles. The molecule has 0 unspecified atom stereocenters. The fourth-order valence-electron chi connectivity index (χ4n) is 2.16. The fraction of sp³-hybridized carbons (Fsp3) is 0.176. The lowest BCUT2D eigenvalue weighted by molar-refractivity contribution is -0.137. The molecule has 8 heteroatoms. The van der Waals surface area contributed by atoms with Crippen LogP contribution in [0.4, 0.5) is 18.9 Å². The predicted molar refractivity (Wildman–Crippen MR) is 85.1 cm³/mol. The molecule has 0 bridgehead atoms. The summed E-state index contributed by atoms with van der Waals surface area (Å²) in [5.41, 5.74) is 5.42. The zero-order valence-corrected chi connectivity index (χ0v) is 13.2. The fourth-order valence-corrected chi connectivity index (χ4v) is 2.16. The third-order valence-corrected chi connectivity index (χ3v) is 3.36. The Labute approximate surface area is 141 Å². The number of hydrogen-bond donors (Lipinski definition) is 2. The lowest BCUT2D eigenvalue weighted by Crippen LogP contribution is -2.15. The van der Waals surface area contributed by atoms with E-state index in [1.165, 1.54) is 31.4 Å². The Balaban J connectivity index is 2.30. The van der Waals surface area contributed by atoms with E-state index in [2.05, 4.69) is 10.1 Å². The number of carbonyl (C=O) groups is 2. The van der Waals surface area contributed by atoms with Crippen LogP contribution in [-0.2, 0) is 17.5 Å². The molecule has 0 spiro atoms. The summed E-state index contributed by atoms with van der Waals surface area (Å²) in [5.74, 6) is -1.36. The van der Waals surface area contributed by atoms with E-state index < -0.39 is 23.6 Å². The molecule has 0 radical (unpaired) electrons. The van der Waals surface area contributed by atoms with Gasteiger partial charge < -0.3 is 15.8 Å². The highest BCUT2D eigenvalue weighted by molar-refractivity contribution is 6.05. The summed E-state index contributed by atoms with van der Waals surface area (Å²) in [6, 6.07) is 8.43. The average Bonchev–Trinajstić information content (AvgIpc) is 2.60. The van der Waals surface area contributed by atoms with E-state index >= 15 is 0 Å². The van der Waals surface area contributed by atoms with Crippen LogP contribution in [0.25, 0.3) is 0 Å². The molecule has 25 heavy (non-hydrogen) atoms. The van der Waals surface area contributed by atoms with E-state index in [-0.39, 0.29) is 23.4 Å². The van der Waals surface area contributed by atoms with Gasteiger partial charge in [-0.3, -0.25) is 4.79 Å². The van der Waals surface area contributed by atoms with E-state index in [1.54, 1.807) is 0 Å². The number of benzene rings is 2. The first-order valence-electron chi connectivity index (χ1n) is 7.15. The smallest absolute Gasteiger partial charge is 0.416 e. The molecule has 0 fully saturated rings. The Morgan fingerprint density at radius 1 is 1.12 bits per heavy atom. The van der Waals surface area contributed by atoms with E-state index in [4.69, 9.17) is 5.73 Å². The number of esters is 1. The van der Waals surface area contributed by atoms with Gasteiger partial charge in [0.2, 0.25) is 0 Å². The van der Waals surface area contributed by atoms with Crippen LogP contribution in [0.2, 0.25) is 0 Å². The highest BCUT2D eigenvalue weighted by Gasteiger charge is 2.30. The Kier molecular flexibility index (Phi) is 5.43. The molecule has 0 aliphatic carbocycles. The molecule has 0 saturated heterocycles. The normalized spacial score (nSPS) is 11.1. The summed E-state index contributed by atoms with van der Waals surface area (Å²) >= 11 is 0. The first kappa shape index (κ1) is 18.5. The number of nitrogens with one attached hydrogen (secondary N) is 1. The average molecular weight is 352 g/mol. The van der Waals surface area contributed by atoms with Crippen LogP contribution in [0.1, 0.15) is 31.8 Å². The Morgan fingerprint density at radius 3 is 2.44 bits per heavy atom. The number of methoxy groups -OCH3 is 1. The summed E-state index contributed by atoms with van der Waals surface area (Å²) in [6.45, 7) is 0.108. The number of amides is 1. The Morgan fingerprint density at radius 2 is 1.84 bits per heavy atom. The molecule has 0 aromatic heterocycles. The molecule has 0 atom stereocenters. The maximum absolute atomic E-state index is 12.7. The number of nitrogens with two attached hydrogens (primary N) is 1. The van der Waals surface area contributed by atoms with Crippen molar-refractivity contribution in [1.82, 2.24) is 0 Å². The SMILES string of the molecule is COC(=O)c1cc(CN)cc(NC(=O)c2cccc(C(F)(F)F)c2)c1. The number of carbonyl (C=O) groups excluding carboxylic acids is 2. The van der Waals surface area contributed by atoms with E-state index in [9.17, 15) is 22.8 Å². The van der Waals surface area contributed by atoms with Gasteiger partial charge in [-0.05, 0) is 42.0 Å². The number of anilines is 1. The molecule has 1 amide bonds. The molecular formula is C17H15F3N2O3.